The Labute approximate surface area is 323 Å². The number of carbonyl (C=O) groups is 3. The Morgan fingerprint density at radius 3 is 2.37 bits per heavy atom. The van der Waals surface area contributed by atoms with Crippen LogP contribution in [-0.2, 0) is 30.6 Å². The van der Waals surface area contributed by atoms with Gasteiger partial charge in [-0.1, -0.05) is 52.8 Å². The van der Waals surface area contributed by atoms with Crippen LogP contribution in [0.4, 0.5) is 5.82 Å². The summed E-state index contributed by atoms with van der Waals surface area (Å²) in [4.78, 5) is 53.4. The van der Waals surface area contributed by atoms with E-state index >= 15 is 0 Å². The number of carbonyl (C=O) groups excluding carboxylic acids is 3. The van der Waals surface area contributed by atoms with E-state index in [4.69, 9.17) is 14.5 Å². The summed E-state index contributed by atoms with van der Waals surface area (Å²) in [5, 5.41) is 8.87. The van der Waals surface area contributed by atoms with E-state index in [0.29, 0.717) is 65.1 Å². The second-order valence-corrected chi connectivity index (χ2v) is 24.8. The lowest BCUT2D eigenvalue weighted by atomic mass is 9.70. The van der Waals surface area contributed by atoms with Crippen LogP contribution in [0.3, 0.4) is 0 Å². The van der Waals surface area contributed by atoms with Crippen LogP contribution in [0.5, 0.6) is 0 Å². The highest BCUT2D eigenvalue weighted by Gasteiger charge is 2.61. The van der Waals surface area contributed by atoms with Crippen molar-refractivity contribution in [3.05, 3.63) is 18.5 Å². The SMILES string of the molecule is C[C@@H](OCC1CCCCC1)[C@H](NC(=O)[C@@H]1CN(c2nccc3c2cnn3COCC[Si](C)(C)C)CC12CN(C(=O)[C@H]1CC1(C)C)C2)C(=O)N1CCCCC1. The average Bonchev–Trinajstić information content (AvgIpc) is 3.42. The summed E-state index contributed by atoms with van der Waals surface area (Å²) in [6.45, 7) is 18.5. The van der Waals surface area contributed by atoms with E-state index in [1.54, 1.807) is 0 Å². The first-order valence-corrected chi connectivity index (χ1v) is 24.6. The van der Waals surface area contributed by atoms with Crippen LogP contribution in [-0.4, -0.2) is 115 Å². The molecule has 2 saturated carbocycles. The van der Waals surface area contributed by atoms with Gasteiger partial charge in [-0.2, -0.15) is 5.10 Å². The van der Waals surface area contributed by atoms with Crippen molar-refractivity contribution in [2.24, 2.45) is 28.6 Å². The minimum absolute atomic E-state index is 0.0340. The molecule has 2 aliphatic carbocycles. The second kappa shape index (κ2) is 15.8. The van der Waals surface area contributed by atoms with Crippen LogP contribution >= 0.6 is 0 Å². The maximum absolute atomic E-state index is 14.7. The first-order valence-electron chi connectivity index (χ1n) is 20.9. The third-order valence-electron chi connectivity index (χ3n) is 13.2. The lowest BCUT2D eigenvalue weighted by Crippen LogP contribution is -2.65. The van der Waals surface area contributed by atoms with E-state index in [0.717, 1.165) is 61.3 Å². The van der Waals surface area contributed by atoms with Gasteiger partial charge < -0.3 is 29.5 Å². The maximum atomic E-state index is 14.7. The molecule has 4 atom stereocenters. The van der Waals surface area contributed by atoms with Crippen molar-refractivity contribution < 1.29 is 23.9 Å². The van der Waals surface area contributed by atoms with Gasteiger partial charge in [0, 0.05) is 78.1 Å². The van der Waals surface area contributed by atoms with Gasteiger partial charge in [-0.25, -0.2) is 9.67 Å². The number of likely N-dealkylation sites (tertiary alicyclic amines) is 2. The van der Waals surface area contributed by atoms with Gasteiger partial charge in [0.05, 0.1) is 29.1 Å². The molecule has 12 nitrogen and oxygen atoms in total. The number of fused-ring (bicyclic) bond motifs is 1. The highest BCUT2D eigenvalue weighted by molar-refractivity contribution is 6.76. The highest BCUT2D eigenvalue weighted by Crippen LogP contribution is 2.55. The molecule has 5 fully saturated rings. The van der Waals surface area contributed by atoms with Gasteiger partial charge in [0.25, 0.3) is 0 Å². The van der Waals surface area contributed by atoms with Gasteiger partial charge in [-0.3, -0.25) is 14.4 Å². The minimum Gasteiger partial charge on any atom is -0.376 e. The van der Waals surface area contributed by atoms with E-state index < -0.39 is 31.6 Å². The normalized spacial score (nSPS) is 25.1. The molecule has 0 unspecified atom stereocenters. The van der Waals surface area contributed by atoms with E-state index in [9.17, 15) is 14.4 Å². The number of pyridine rings is 1. The fraction of sp³-hybridized carbons (Fsp3) is 0.780. The fourth-order valence-corrected chi connectivity index (χ4v) is 10.1. The number of hydrogen-bond donors (Lipinski definition) is 1. The first-order chi connectivity index (χ1) is 25.7. The topological polar surface area (TPSA) is 122 Å². The summed E-state index contributed by atoms with van der Waals surface area (Å²) in [7, 11) is -1.21. The largest absolute Gasteiger partial charge is 0.376 e. The molecular weight excluding hydrogens is 699 g/mol. The zero-order chi connectivity index (χ0) is 38.3. The monoisotopic (exact) mass is 763 g/mol. The number of rotatable bonds is 14. The van der Waals surface area contributed by atoms with Crippen LogP contribution in [0.1, 0.15) is 78.6 Å². The van der Waals surface area contributed by atoms with Gasteiger partial charge in [-0.05, 0) is 68.9 Å². The van der Waals surface area contributed by atoms with Crippen LogP contribution in [0.2, 0.25) is 25.7 Å². The number of piperidine rings is 1. The quantitative estimate of drug-likeness (QED) is 0.197. The third kappa shape index (κ3) is 8.52. The molecule has 1 spiro atoms. The molecule has 5 aliphatic rings. The van der Waals surface area contributed by atoms with Crippen molar-refractivity contribution in [2.75, 3.05) is 57.4 Å². The van der Waals surface area contributed by atoms with Crippen molar-refractivity contribution in [3.8, 4) is 0 Å². The molecule has 2 aromatic heterocycles. The smallest absolute Gasteiger partial charge is 0.247 e. The molecule has 0 radical (unpaired) electrons. The molecular formula is C41H65N7O5Si. The van der Waals surface area contributed by atoms with E-state index in [-0.39, 0.29) is 29.1 Å². The van der Waals surface area contributed by atoms with Crippen molar-refractivity contribution >= 4 is 42.5 Å². The molecule has 2 aromatic rings. The zero-order valence-corrected chi connectivity index (χ0v) is 34.8. The van der Waals surface area contributed by atoms with E-state index in [1.807, 2.05) is 39.9 Å². The number of hydrogen-bond acceptors (Lipinski definition) is 8. The Balaban J connectivity index is 1.11. The predicted molar refractivity (Wildman–Crippen MR) is 213 cm³/mol. The molecule has 7 rings (SSSR count). The molecule has 5 heterocycles. The maximum Gasteiger partial charge on any atom is 0.247 e. The number of ether oxygens (including phenoxy) is 2. The Morgan fingerprint density at radius 2 is 1.69 bits per heavy atom. The summed E-state index contributed by atoms with van der Waals surface area (Å²) in [6, 6.07) is 2.29. The van der Waals surface area contributed by atoms with Crippen LogP contribution in [0.15, 0.2) is 18.5 Å². The molecule has 0 bridgehead atoms. The van der Waals surface area contributed by atoms with E-state index in [1.165, 1.54) is 19.3 Å². The molecule has 54 heavy (non-hydrogen) atoms. The Hall–Kier alpha value is -3.03. The Morgan fingerprint density at radius 1 is 0.981 bits per heavy atom. The molecule has 3 amide bonds. The molecule has 1 N–H and O–H groups in total. The number of amides is 3. The van der Waals surface area contributed by atoms with Gasteiger partial charge >= 0.3 is 0 Å². The number of aromatic nitrogens is 3. The predicted octanol–water partition coefficient (Wildman–Crippen LogP) is 5.54. The van der Waals surface area contributed by atoms with Crippen molar-refractivity contribution in [1.29, 1.82) is 0 Å². The van der Waals surface area contributed by atoms with Crippen molar-refractivity contribution in [2.45, 2.75) is 123 Å². The van der Waals surface area contributed by atoms with Crippen LogP contribution in [0.25, 0.3) is 10.9 Å². The number of nitrogens with zero attached hydrogens (tertiary/aromatic N) is 6. The summed E-state index contributed by atoms with van der Waals surface area (Å²) in [5.74, 6) is 0.903. The fourth-order valence-electron chi connectivity index (χ4n) is 9.35. The van der Waals surface area contributed by atoms with Crippen molar-refractivity contribution in [1.82, 2.24) is 29.9 Å². The summed E-state index contributed by atoms with van der Waals surface area (Å²) in [6.07, 6.45) is 13.2. The summed E-state index contributed by atoms with van der Waals surface area (Å²) >= 11 is 0. The number of nitrogens with one attached hydrogen (secondary N) is 1. The van der Waals surface area contributed by atoms with E-state index in [2.05, 4.69) is 48.8 Å². The first kappa shape index (κ1) is 39.2. The second-order valence-electron chi connectivity index (χ2n) is 19.2. The Kier molecular flexibility index (Phi) is 11.5. The number of anilines is 1. The molecule has 3 saturated heterocycles. The lowest BCUT2D eigenvalue weighted by molar-refractivity contribution is -0.153. The highest BCUT2D eigenvalue weighted by atomic mass is 28.3. The summed E-state index contributed by atoms with van der Waals surface area (Å²) in [5.41, 5.74) is 0.517. The van der Waals surface area contributed by atoms with Crippen LogP contribution < -0.4 is 10.2 Å². The van der Waals surface area contributed by atoms with Gasteiger partial charge in [-0.15, -0.1) is 0 Å². The average molecular weight is 764 g/mol. The lowest BCUT2D eigenvalue weighted by Gasteiger charge is -2.50. The van der Waals surface area contributed by atoms with Crippen LogP contribution in [0, 0.1) is 28.6 Å². The summed E-state index contributed by atoms with van der Waals surface area (Å²) < 4.78 is 14.4. The zero-order valence-electron chi connectivity index (χ0n) is 33.8. The molecule has 298 valence electrons. The van der Waals surface area contributed by atoms with Gasteiger partial charge in [0.15, 0.2) is 0 Å². The molecule has 0 aromatic carbocycles. The molecule has 13 heteroatoms. The molecule has 3 aliphatic heterocycles. The van der Waals surface area contributed by atoms with Gasteiger partial charge in [0.1, 0.15) is 18.6 Å². The minimum atomic E-state index is -1.21. The van der Waals surface area contributed by atoms with Crippen molar-refractivity contribution in [3.63, 3.8) is 0 Å². The Bertz CT molecular complexity index is 1660. The van der Waals surface area contributed by atoms with Gasteiger partial charge in [0.2, 0.25) is 17.7 Å². The third-order valence-corrected chi connectivity index (χ3v) is 14.9. The standard InChI is InChI=1S/C41H65N7O5Si/c1-29(53-24-30-13-9-7-10-14-30)35(39(51)45-17-11-8-12-18-45)44-37(49)33-23-46(25-41(33)26-47(27-41)38(50)32-21-40(32,2)3)36-31-22-43-48(34(31)15-16-42-36)28-52-19-20-54(4,5)6/h15-16,22,29-30,32-33,35H,7-14,17-21,23-28H2,1-6H3,(H,44,49)/t29-,32-,33+,35+/m1/s1.